The highest BCUT2D eigenvalue weighted by molar-refractivity contribution is 5.93. The molecule has 1 heterocycles. The minimum atomic E-state index is -0.237. The van der Waals surface area contributed by atoms with Gasteiger partial charge in [-0.25, -0.2) is 0 Å². The summed E-state index contributed by atoms with van der Waals surface area (Å²) in [5.74, 6) is 1.55. The fourth-order valence-corrected chi connectivity index (χ4v) is 3.12. The van der Waals surface area contributed by atoms with Crippen molar-refractivity contribution in [2.75, 3.05) is 12.4 Å². The van der Waals surface area contributed by atoms with E-state index in [0.717, 1.165) is 0 Å². The van der Waals surface area contributed by atoms with Gasteiger partial charge in [-0.05, 0) is 23.6 Å². The second-order valence-corrected chi connectivity index (χ2v) is 7.04. The number of rotatable bonds is 9. The average molecular weight is 394 g/mol. The molecule has 0 saturated carbocycles. The van der Waals surface area contributed by atoms with Crippen LogP contribution in [0.3, 0.4) is 0 Å². The van der Waals surface area contributed by atoms with Gasteiger partial charge >= 0.3 is 0 Å². The molecule has 152 valence electrons. The first kappa shape index (κ1) is 20.5. The van der Waals surface area contributed by atoms with Crippen molar-refractivity contribution in [2.24, 2.45) is 5.92 Å². The van der Waals surface area contributed by atoms with Crippen molar-refractivity contribution < 1.29 is 14.1 Å². The lowest BCUT2D eigenvalue weighted by molar-refractivity contribution is -0.115. The molecule has 0 spiro atoms. The SMILES string of the molecule is COc1ccccc1NC(=O)Cc1noc(CN[C@@H](c2ccccc2)C(C)C)n1. The summed E-state index contributed by atoms with van der Waals surface area (Å²) >= 11 is 0. The van der Waals surface area contributed by atoms with Crippen LogP contribution in [0.25, 0.3) is 0 Å². The number of carbonyl (C=O) groups excluding carboxylic acids is 1. The highest BCUT2D eigenvalue weighted by atomic mass is 16.5. The summed E-state index contributed by atoms with van der Waals surface area (Å²) in [6.07, 6.45) is 0.0217. The lowest BCUT2D eigenvalue weighted by Crippen LogP contribution is -2.25. The minimum absolute atomic E-state index is 0.0217. The van der Waals surface area contributed by atoms with Crippen LogP contribution in [0.5, 0.6) is 5.75 Å². The highest BCUT2D eigenvalue weighted by Gasteiger charge is 2.17. The van der Waals surface area contributed by atoms with E-state index in [9.17, 15) is 4.79 Å². The summed E-state index contributed by atoms with van der Waals surface area (Å²) in [6.45, 7) is 4.75. The van der Waals surface area contributed by atoms with Crippen LogP contribution in [0.15, 0.2) is 59.1 Å². The Labute approximate surface area is 170 Å². The molecule has 0 aliphatic carbocycles. The molecule has 0 fully saturated rings. The zero-order valence-corrected chi connectivity index (χ0v) is 16.9. The molecule has 2 N–H and O–H groups in total. The van der Waals surface area contributed by atoms with Crippen molar-refractivity contribution in [3.05, 3.63) is 71.9 Å². The number of amides is 1. The smallest absolute Gasteiger partial charge is 0.240 e. The van der Waals surface area contributed by atoms with E-state index >= 15 is 0 Å². The Morgan fingerprint density at radius 3 is 2.55 bits per heavy atom. The van der Waals surface area contributed by atoms with E-state index in [1.165, 1.54) is 5.56 Å². The van der Waals surface area contributed by atoms with Crippen LogP contribution in [0.4, 0.5) is 5.69 Å². The molecule has 1 aromatic heterocycles. The molecule has 2 aromatic carbocycles. The first-order valence-electron chi connectivity index (χ1n) is 9.59. The predicted octanol–water partition coefficient (Wildman–Crippen LogP) is 3.75. The number of nitrogens with one attached hydrogen (secondary N) is 2. The topological polar surface area (TPSA) is 89.3 Å². The largest absolute Gasteiger partial charge is 0.495 e. The van der Waals surface area contributed by atoms with Gasteiger partial charge in [0.25, 0.3) is 0 Å². The third-order valence-corrected chi connectivity index (χ3v) is 4.51. The number of methoxy groups -OCH3 is 1. The maximum absolute atomic E-state index is 12.3. The molecular formula is C22H26N4O3. The van der Waals surface area contributed by atoms with E-state index in [-0.39, 0.29) is 18.4 Å². The van der Waals surface area contributed by atoms with E-state index < -0.39 is 0 Å². The van der Waals surface area contributed by atoms with E-state index in [0.29, 0.717) is 35.6 Å². The predicted molar refractivity (Wildman–Crippen MR) is 110 cm³/mol. The van der Waals surface area contributed by atoms with Gasteiger partial charge in [-0.15, -0.1) is 0 Å². The van der Waals surface area contributed by atoms with Crippen molar-refractivity contribution in [3.63, 3.8) is 0 Å². The first-order valence-corrected chi connectivity index (χ1v) is 9.59. The molecule has 29 heavy (non-hydrogen) atoms. The fourth-order valence-electron chi connectivity index (χ4n) is 3.12. The van der Waals surface area contributed by atoms with Crippen LogP contribution in [-0.4, -0.2) is 23.2 Å². The zero-order chi connectivity index (χ0) is 20.6. The molecule has 0 aliphatic rings. The van der Waals surface area contributed by atoms with Gasteiger partial charge in [-0.2, -0.15) is 4.98 Å². The number of hydrogen-bond acceptors (Lipinski definition) is 6. The Morgan fingerprint density at radius 2 is 1.83 bits per heavy atom. The van der Waals surface area contributed by atoms with Crippen LogP contribution >= 0.6 is 0 Å². The number of ether oxygens (including phenoxy) is 1. The number of carbonyl (C=O) groups is 1. The fraction of sp³-hybridized carbons (Fsp3) is 0.318. The number of benzene rings is 2. The Kier molecular flexibility index (Phi) is 6.97. The quantitative estimate of drug-likeness (QED) is 0.575. The van der Waals surface area contributed by atoms with Gasteiger partial charge in [0.05, 0.1) is 25.8 Å². The molecule has 1 amide bonds. The van der Waals surface area contributed by atoms with E-state index in [1.807, 2.05) is 30.3 Å². The highest BCUT2D eigenvalue weighted by Crippen LogP contribution is 2.23. The summed E-state index contributed by atoms with van der Waals surface area (Å²) in [4.78, 5) is 16.6. The van der Waals surface area contributed by atoms with Gasteiger partial charge in [0.1, 0.15) is 5.75 Å². The number of anilines is 1. The first-order chi connectivity index (χ1) is 14.1. The second-order valence-electron chi connectivity index (χ2n) is 7.04. The molecule has 3 aromatic rings. The van der Waals surface area contributed by atoms with Gasteiger partial charge in [0.15, 0.2) is 5.82 Å². The van der Waals surface area contributed by atoms with E-state index in [2.05, 4.69) is 46.8 Å². The van der Waals surface area contributed by atoms with Crippen LogP contribution in [0.2, 0.25) is 0 Å². The van der Waals surface area contributed by atoms with Gasteiger partial charge in [-0.3, -0.25) is 4.79 Å². The Hall–Kier alpha value is -3.19. The molecule has 0 bridgehead atoms. The minimum Gasteiger partial charge on any atom is -0.495 e. The van der Waals surface area contributed by atoms with Crippen molar-refractivity contribution >= 4 is 11.6 Å². The molecule has 0 saturated heterocycles. The monoisotopic (exact) mass is 394 g/mol. The van der Waals surface area contributed by atoms with Crippen LogP contribution in [-0.2, 0) is 17.8 Å². The maximum atomic E-state index is 12.3. The van der Waals surface area contributed by atoms with Gasteiger partial charge < -0.3 is 19.9 Å². The third kappa shape index (κ3) is 5.65. The standard InChI is InChI=1S/C22H26N4O3/c1-15(2)22(16-9-5-4-6-10-16)23-14-21-25-19(26-29-21)13-20(27)24-17-11-7-8-12-18(17)28-3/h4-12,15,22-23H,13-14H2,1-3H3,(H,24,27)/t22-/m1/s1. The number of aromatic nitrogens is 2. The summed E-state index contributed by atoms with van der Waals surface area (Å²) in [6, 6.07) is 17.6. The van der Waals surface area contributed by atoms with Crippen molar-refractivity contribution in [2.45, 2.75) is 32.9 Å². The van der Waals surface area contributed by atoms with Gasteiger partial charge in [-0.1, -0.05) is 61.5 Å². The van der Waals surface area contributed by atoms with Crippen LogP contribution in [0, 0.1) is 5.92 Å². The summed E-state index contributed by atoms with van der Waals surface area (Å²) in [5, 5.41) is 10.2. The summed E-state index contributed by atoms with van der Waals surface area (Å²) in [5.41, 5.74) is 1.81. The average Bonchev–Trinajstić information content (AvgIpc) is 3.16. The van der Waals surface area contributed by atoms with Crippen molar-refractivity contribution in [1.29, 1.82) is 0 Å². The Morgan fingerprint density at radius 1 is 1.10 bits per heavy atom. The van der Waals surface area contributed by atoms with Crippen LogP contribution < -0.4 is 15.4 Å². The Bertz CT molecular complexity index is 925. The Balaban J connectivity index is 1.57. The van der Waals surface area contributed by atoms with Crippen LogP contribution in [0.1, 0.15) is 37.2 Å². The summed E-state index contributed by atoms with van der Waals surface area (Å²) in [7, 11) is 1.56. The van der Waals surface area contributed by atoms with E-state index in [4.69, 9.17) is 9.26 Å². The molecule has 3 rings (SSSR count). The van der Waals surface area contributed by atoms with E-state index in [1.54, 1.807) is 19.2 Å². The van der Waals surface area contributed by atoms with Crippen molar-refractivity contribution in [3.8, 4) is 5.75 Å². The lowest BCUT2D eigenvalue weighted by Gasteiger charge is -2.22. The molecule has 7 nitrogen and oxygen atoms in total. The van der Waals surface area contributed by atoms with Gasteiger partial charge in [0, 0.05) is 6.04 Å². The lowest BCUT2D eigenvalue weighted by atomic mass is 9.96. The molecule has 7 heteroatoms. The molecule has 0 radical (unpaired) electrons. The molecular weight excluding hydrogens is 368 g/mol. The summed E-state index contributed by atoms with van der Waals surface area (Å²) < 4.78 is 10.5. The number of hydrogen-bond donors (Lipinski definition) is 2. The van der Waals surface area contributed by atoms with Crippen molar-refractivity contribution in [1.82, 2.24) is 15.5 Å². The molecule has 1 atom stereocenters. The third-order valence-electron chi connectivity index (χ3n) is 4.51. The number of nitrogens with zero attached hydrogens (tertiary/aromatic N) is 2. The van der Waals surface area contributed by atoms with Gasteiger partial charge in [0.2, 0.25) is 11.8 Å². The normalized spacial score (nSPS) is 12.0. The zero-order valence-electron chi connectivity index (χ0n) is 16.9. The maximum Gasteiger partial charge on any atom is 0.240 e. The molecule has 0 aliphatic heterocycles. The number of para-hydroxylation sites is 2. The molecule has 0 unspecified atom stereocenters. The second kappa shape index (κ2) is 9.84.